The summed E-state index contributed by atoms with van der Waals surface area (Å²) in [5, 5.41) is 24.7. The van der Waals surface area contributed by atoms with E-state index in [1.54, 1.807) is 24.4 Å². The molecule has 1 aromatic heterocycles. The van der Waals surface area contributed by atoms with Gasteiger partial charge in [-0.2, -0.15) is 0 Å². The predicted molar refractivity (Wildman–Crippen MR) is 80.3 cm³/mol. The second kappa shape index (κ2) is 5.29. The van der Waals surface area contributed by atoms with Gasteiger partial charge < -0.3 is 10.4 Å². The van der Waals surface area contributed by atoms with Crippen LogP contribution in [0.1, 0.15) is 25.7 Å². The molecule has 0 spiro atoms. The number of hydrogen-bond acceptors (Lipinski definition) is 5. The number of nitrogens with one attached hydrogen (secondary N) is 1. The van der Waals surface area contributed by atoms with Crippen LogP contribution in [0.5, 0.6) is 0 Å². The van der Waals surface area contributed by atoms with Crippen LogP contribution in [0.3, 0.4) is 0 Å². The quantitative estimate of drug-likeness (QED) is 0.666. The molecule has 110 valence electrons. The average Bonchev–Trinajstić information content (AvgIpc) is 2.96. The molecule has 21 heavy (non-hydrogen) atoms. The Labute approximate surface area is 122 Å². The van der Waals surface area contributed by atoms with E-state index in [2.05, 4.69) is 10.3 Å². The Bertz CT molecular complexity index is 681. The van der Waals surface area contributed by atoms with E-state index < -0.39 is 4.92 Å². The number of anilines is 1. The highest BCUT2D eigenvalue weighted by Gasteiger charge is 2.33. The molecule has 0 unspecified atom stereocenters. The van der Waals surface area contributed by atoms with Gasteiger partial charge in [0.05, 0.1) is 28.1 Å². The molecule has 0 atom stereocenters. The van der Waals surface area contributed by atoms with Crippen LogP contribution in [-0.2, 0) is 0 Å². The molecule has 0 amide bonds. The van der Waals surface area contributed by atoms with Crippen LogP contribution in [0.2, 0.25) is 0 Å². The van der Waals surface area contributed by atoms with Crippen LogP contribution in [0.15, 0.2) is 30.5 Å². The zero-order valence-electron chi connectivity index (χ0n) is 11.6. The first kappa shape index (κ1) is 13.8. The third kappa shape index (κ3) is 2.42. The van der Waals surface area contributed by atoms with Crippen LogP contribution in [0, 0.1) is 10.1 Å². The Morgan fingerprint density at radius 2 is 2.10 bits per heavy atom. The lowest BCUT2D eigenvalue weighted by atomic mass is 9.98. The van der Waals surface area contributed by atoms with Crippen molar-refractivity contribution in [1.29, 1.82) is 0 Å². The number of non-ortho nitro benzene ring substituents is 1. The molecule has 1 heterocycles. The number of nitro benzene ring substituents is 1. The van der Waals surface area contributed by atoms with E-state index >= 15 is 0 Å². The summed E-state index contributed by atoms with van der Waals surface area (Å²) in [5.41, 5.74) is 1.03. The van der Waals surface area contributed by atoms with Gasteiger partial charge in [-0.3, -0.25) is 15.1 Å². The van der Waals surface area contributed by atoms with Gasteiger partial charge in [0.1, 0.15) is 5.52 Å². The Balaban J connectivity index is 2.07. The number of fused-ring (bicyclic) bond motifs is 1. The van der Waals surface area contributed by atoms with E-state index in [0.717, 1.165) is 31.4 Å². The van der Waals surface area contributed by atoms with Crippen LogP contribution in [0.4, 0.5) is 11.4 Å². The van der Waals surface area contributed by atoms with Crippen LogP contribution >= 0.6 is 0 Å². The highest BCUT2D eigenvalue weighted by atomic mass is 16.6. The Morgan fingerprint density at radius 3 is 2.76 bits per heavy atom. The monoisotopic (exact) mass is 287 g/mol. The molecular weight excluding hydrogens is 270 g/mol. The minimum atomic E-state index is -0.398. The minimum absolute atomic E-state index is 0.0492. The van der Waals surface area contributed by atoms with Gasteiger partial charge in [0.25, 0.3) is 5.69 Å². The van der Waals surface area contributed by atoms with Crippen molar-refractivity contribution in [3.05, 3.63) is 40.6 Å². The number of hydrogen-bond donors (Lipinski definition) is 2. The van der Waals surface area contributed by atoms with Crippen molar-refractivity contribution in [2.45, 2.75) is 31.2 Å². The predicted octanol–water partition coefficient (Wildman–Crippen LogP) is 2.86. The number of pyridine rings is 1. The van der Waals surface area contributed by atoms with E-state index in [9.17, 15) is 15.2 Å². The number of aliphatic hydroxyl groups is 1. The first-order chi connectivity index (χ1) is 10.2. The maximum atomic E-state index is 11.1. The van der Waals surface area contributed by atoms with Crippen molar-refractivity contribution < 1.29 is 10.0 Å². The fourth-order valence-corrected chi connectivity index (χ4v) is 3.08. The van der Waals surface area contributed by atoms with Gasteiger partial charge >= 0.3 is 0 Å². The number of benzene rings is 1. The maximum Gasteiger partial charge on any atom is 0.278 e. The van der Waals surface area contributed by atoms with Gasteiger partial charge in [-0.05, 0) is 31.0 Å². The highest BCUT2D eigenvalue weighted by Crippen LogP contribution is 2.36. The molecule has 2 aromatic rings. The number of nitro groups is 1. The molecule has 6 nitrogen and oxygen atoms in total. The third-order valence-corrected chi connectivity index (χ3v) is 4.21. The third-order valence-electron chi connectivity index (χ3n) is 4.21. The molecule has 0 radical (unpaired) electrons. The minimum Gasteiger partial charge on any atom is -0.394 e. The highest BCUT2D eigenvalue weighted by molar-refractivity contribution is 5.96. The molecule has 0 aliphatic heterocycles. The topological polar surface area (TPSA) is 88.3 Å². The zero-order chi connectivity index (χ0) is 14.9. The van der Waals surface area contributed by atoms with Crippen molar-refractivity contribution in [2.24, 2.45) is 0 Å². The molecule has 1 aromatic carbocycles. The zero-order valence-corrected chi connectivity index (χ0v) is 11.6. The molecular formula is C15H17N3O3. The van der Waals surface area contributed by atoms with Crippen molar-refractivity contribution in [1.82, 2.24) is 4.98 Å². The molecule has 0 saturated heterocycles. The van der Waals surface area contributed by atoms with Gasteiger partial charge in [0.2, 0.25) is 0 Å². The fourth-order valence-electron chi connectivity index (χ4n) is 3.08. The summed E-state index contributed by atoms with van der Waals surface area (Å²) >= 11 is 0. The van der Waals surface area contributed by atoms with Gasteiger partial charge in [-0.25, -0.2) is 0 Å². The first-order valence-electron chi connectivity index (χ1n) is 7.06. The molecule has 2 N–H and O–H groups in total. The number of aromatic nitrogens is 1. The SMILES string of the molecule is O=[N+]([O-])c1ccc(NC2(CO)CCCC2)c2ncccc12. The van der Waals surface area contributed by atoms with Gasteiger partial charge in [0, 0.05) is 12.3 Å². The lowest BCUT2D eigenvalue weighted by molar-refractivity contribution is -0.383. The van der Waals surface area contributed by atoms with E-state index in [1.807, 2.05) is 0 Å². The van der Waals surface area contributed by atoms with Crippen LogP contribution in [0.25, 0.3) is 10.9 Å². The fraction of sp³-hybridized carbons (Fsp3) is 0.400. The molecule has 6 heteroatoms. The standard InChI is InChI=1S/C15H17N3O3/c19-10-15(7-1-2-8-15)17-12-5-6-13(18(20)21)11-4-3-9-16-14(11)12/h3-6,9,17,19H,1-2,7-8,10H2. The van der Waals surface area contributed by atoms with Crippen molar-refractivity contribution in [3.8, 4) is 0 Å². The molecule has 1 aliphatic carbocycles. The van der Waals surface area contributed by atoms with E-state index in [-0.39, 0.29) is 17.8 Å². The average molecular weight is 287 g/mol. The first-order valence-corrected chi connectivity index (χ1v) is 7.06. The lowest BCUT2D eigenvalue weighted by Crippen LogP contribution is -2.39. The van der Waals surface area contributed by atoms with Crippen LogP contribution in [-0.4, -0.2) is 27.2 Å². The molecule has 3 rings (SSSR count). The summed E-state index contributed by atoms with van der Waals surface area (Å²) in [6, 6.07) is 6.57. The largest absolute Gasteiger partial charge is 0.394 e. The van der Waals surface area contributed by atoms with Gasteiger partial charge in [-0.1, -0.05) is 12.8 Å². The second-order valence-corrected chi connectivity index (χ2v) is 5.56. The smallest absolute Gasteiger partial charge is 0.278 e. The van der Waals surface area contributed by atoms with Crippen LogP contribution < -0.4 is 5.32 Å². The normalized spacial score (nSPS) is 17.0. The van der Waals surface area contributed by atoms with Crippen molar-refractivity contribution in [2.75, 3.05) is 11.9 Å². The lowest BCUT2D eigenvalue weighted by Gasteiger charge is -2.29. The van der Waals surface area contributed by atoms with E-state index in [0.29, 0.717) is 10.9 Å². The van der Waals surface area contributed by atoms with Crippen molar-refractivity contribution in [3.63, 3.8) is 0 Å². The molecule has 0 bridgehead atoms. The van der Waals surface area contributed by atoms with E-state index in [4.69, 9.17) is 0 Å². The van der Waals surface area contributed by atoms with E-state index in [1.165, 1.54) is 6.07 Å². The summed E-state index contributed by atoms with van der Waals surface area (Å²) in [4.78, 5) is 15.0. The van der Waals surface area contributed by atoms with Gasteiger partial charge in [-0.15, -0.1) is 0 Å². The Morgan fingerprint density at radius 1 is 1.33 bits per heavy atom. The summed E-state index contributed by atoms with van der Waals surface area (Å²) in [6.45, 7) is 0.0539. The summed E-state index contributed by atoms with van der Waals surface area (Å²) in [7, 11) is 0. The van der Waals surface area contributed by atoms with Gasteiger partial charge in [0.15, 0.2) is 0 Å². The summed E-state index contributed by atoms with van der Waals surface area (Å²) in [6.07, 6.45) is 5.57. The number of rotatable bonds is 4. The molecule has 1 saturated carbocycles. The number of nitrogens with zero attached hydrogens (tertiary/aromatic N) is 2. The summed E-state index contributed by atoms with van der Waals surface area (Å²) < 4.78 is 0. The maximum absolute atomic E-state index is 11.1. The Hall–Kier alpha value is -2.21. The van der Waals surface area contributed by atoms with Crippen molar-refractivity contribution >= 4 is 22.3 Å². The molecule has 1 fully saturated rings. The Kier molecular flexibility index (Phi) is 3.47. The molecule has 1 aliphatic rings. The summed E-state index contributed by atoms with van der Waals surface area (Å²) in [5.74, 6) is 0. The second-order valence-electron chi connectivity index (χ2n) is 5.56. The number of aliphatic hydroxyl groups excluding tert-OH is 1.